The first-order chi connectivity index (χ1) is 11.0. The van der Waals surface area contributed by atoms with Crippen LogP contribution in [0.15, 0.2) is 18.2 Å². The highest BCUT2D eigenvalue weighted by atomic mass is 16.5. The zero-order valence-corrected chi connectivity index (χ0v) is 13.9. The van der Waals surface area contributed by atoms with Crippen LogP contribution in [0.2, 0.25) is 0 Å². The summed E-state index contributed by atoms with van der Waals surface area (Å²) in [6, 6.07) is 5.63. The Kier molecular flexibility index (Phi) is 3.22. The van der Waals surface area contributed by atoms with Crippen molar-refractivity contribution in [2.75, 3.05) is 6.61 Å². The first kappa shape index (κ1) is 14.7. The van der Waals surface area contributed by atoms with Crippen LogP contribution in [0.1, 0.15) is 63.0 Å². The first-order valence-corrected chi connectivity index (χ1v) is 8.70. The fourth-order valence-electron chi connectivity index (χ4n) is 4.60. The molecule has 1 fully saturated rings. The predicted octanol–water partition coefficient (Wildman–Crippen LogP) is 4.97. The fraction of sp³-hybridized carbons (Fsp3) is 0.500. The van der Waals surface area contributed by atoms with Gasteiger partial charge < -0.3 is 14.9 Å². The number of phenolic OH excluding ortho intramolecular Hbond substituents is 2. The highest BCUT2D eigenvalue weighted by Gasteiger charge is 2.49. The van der Waals surface area contributed by atoms with E-state index in [0.29, 0.717) is 29.4 Å². The van der Waals surface area contributed by atoms with Gasteiger partial charge in [0, 0.05) is 21.9 Å². The molecule has 0 saturated heterocycles. The molecule has 2 aromatic carbocycles. The van der Waals surface area contributed by atoms with E-state index in [1.807, 2.05) is 18.2 Å². The molecule has 4 rings (SSSR count). The summed E-state index contributed by atoms with van der Waals surface area (Å²) in [6.45, 7) is 5.03. The lowest BCUT2D eigenvalue weighted by atomic mass is 9.79. The molecule has 0 radical (unpaired) electrons. The molecule has 2 aromatic rings. The second-order valence-electron chi connectivity index (χ2n) is 7.40. The van der Waals surface area contributed by atoms with Gasteiger partial charge in [0.05, 0.1) is 6.61 Å². The van der Waals surface area contributed by atoms with Crippen molar-refractivity contribution >= 4 is 10.8 Å². The van der Waals surface area contributed by atoms with E-state index in [1.165, 1.54) is 0 Å². The summed E-state index contributed by atoms with van der Waals surface area (Å²) in [6.07, 6.45) is 5.35. The molecule has 2 N–H and O–H groups in total. The fourth-order valence-corrected chi connectivity index (χ4v) is 4.60. The van der Waals surface area contributed by atoms with Crippen LogP contribution in [0, 0.1) is 0 Å². The molecule has 2 atom stereocenters. The third-order valence-electron chi connectivity index (χ3n) is 5.78. The van der Waals surface area contributed by atoms with E-state index in [4.69, 9.17) is 4.74 Å². The van der Waals surface area contributed by atoms with Crippen LogP contribution >= 0.6 is 0 Å². The third-order valence-corrected chi connectivity index (χ3v) is 5.78. The van der Waals surface area contributed by atoms with Crippen molar-refractivity contribution in [1.29, 1.82) is 0 Å². The van der Waals surface area contributed by atoms with Crippen LogP contribution in [0.3, 0.4) is 0 Å². The van der Waals surface area contributed by atoms with Crippen molar-refractivity contribution in [2.45, 2.75) is 57.3 Å². The Morgan fingerprint density at radius 3 is 2.83 bits per heavy atom. The minimum absolute atomic E-state index is 0.0199. The van der Waals surface area contributed by atoms with E-state index in [2.05, 4.69) is 13.8 Å². The third kappa shape index (κ3) is 2.02. The molecule has 3 nitrogen and oxygen atoms in total. The summed E-state index contributed by atoms with van der Waals surface area (Å²) in [5, 5.41) is 23.1. The molecular formula is C20H24O3. The van der Waals surface area contributed by atoms with Gasteiger partial charge in [0.1, 0.15) is 17.2 Å². The number of benzene rings is 2. The standard InChI is InChI=1S/C20H24O3/c1-3-4-9-23-13-5-6-14-15(10-13)18(21)16-12-7-8-20(2,11-12)17(16)19(14)22/h5-6,10,12,21-22H,3-4,7-9,11H2,1-2H3. The topological polar surface area (TPSA) is 49.7 Å². The molecule has 0 aliphatic heterocycles. The molecule has 0 heterocycles. The maximum Gasteiger partial charge on any atom is 0.127 e. The Labute approximate surface area is 136 Å². The van der Waals surface area contributed by atoms with Gasteiger partial charge in [0.15, 0.2) is 0 Å². The smallest absolute Gasteiger partial charge is 0.127 e. The van der Waals surface area contributed by atoms with Gasteiger partial charge in [-0.3, -0.25) is 0 Å². The van der Waals surface area contributed by atoms with Crippen LogP contribution < -0.4 is 4.74 Å². The number of rotatable bonds is 4. The molecule has 0 aromatic heterocycles. The van der Waals surface area contributed by atoms with Gasteiger partial charge in [-0.1, -0.05) is 20.3 Å². The van der Waals surface area contributed by atoms with Crippen molar-refractivity contribution < 1.29 is 14.9 Å². The van der Waals surface area contributed by atoms with Crippen LogP contribution in [0.4, 0.5) is 0 Å². The van der Waals surface area contributed by atoms with Gasteiger partial charge in [-0.05, 0) is 55.2 Å². The molecule has 0 spiro atoms. The number of phenols is 2. The summed E-state index contributed by atoms with van der Waals surface area (Å²) in [4.78, 5) is 0. The highest BCUT2D eigenvalue weighted by molar-refractivity contribution is 5.97. The van der Waals surface area contributed by atoms with Gasteiger partial charge in [-0.15, -0.1) is 0 Å². The number of ether oxygens (including phenoxy) is 1. The molecule has 2 aliphatic rings. The molecule has 2 bridgehead atoms. The Hall–Kier alpha value is -1.90. The van der Waals surface area contributed by atoms with Gasteiger partial charge in [-0.25, -0.2) is 0 Å². The molecule has 23 heavy (non-hydrogen) atoms. The summed E-state index contributed by atoms with van der Waals surface area (Å²) in [5.41, 5.74) is 1.99. The number of aromatic hydroxyl groups is 2. The van der Waals surface area contributed by atoms with Crippen LogP contribution in [0.5, 0.6) is 17.2 Å². The Bertz CT molecular complexity index is 780. The molecule has 2 aliphatic carbocycles. The lowest BCUT2D eigenvalue weighted by molar-refractivity contribution is 0.309. The molecule has 2 unspecified atom stereocenters. The summed E-state index contributed by atoms with van der Waals surface area (Å²) in [5.74, 6) is 1.85. The largest absolute Gasteiger partial charge is 0.507 e. The second-order valence-corrected chi connectivity index (χ2v) is 7.40. The van der Waals surface area contributed by atoms with Crippen molar-refractivity contribution in [3.05, 3.63) is 29.3 Å². The molecular weight excluding hydrogens is 288 g/mol. The summed E-state index contributed by atoms with van der Waals surface area (Å²) in [7, 11) is 0. The van der Waals surface area contributed by atoms with Crippen molar-refractivity contribution in [3.63, 3.8) is 0 Å². The van der Waals surface area contributed by atoms with E-state index in [-0.39, 0.29) is 5.41 Å². The van der Waals surface area contributed by atoms with E-state index in [9.17, 15) is 10.2 Å². The summed E-state index contributed by atoms with van der Waals surface area (Å²) >= 11 is 0. The Balaban J connectivity index is 1.86. The van der Waals surface area contributed by atoms with E-state index in [0.717, 1.165) is 54.4 Å². The maximum atomic E-state index is 10.9. The first-order valence-electron chi connectivity index (χ1n) is 8.70. The second kappa shape index (κ2) is 5.05. The maximum absolute atomic E-state index is 10.9. The zero-order valence-electron chi connectivity index (χ0n) is 13.9. The zero-order chi connectivity index (χ0) is 16.2. The summed E-state index contributed by atoms with van der Waals surface area (Å²) < 4.78 is 5.76. The average Bonchev–Trinajstić information content (AvgIpc) is 3.06. The highest BCUT2D eigenvalue weighted by Crippen LogP contribution is 2.63. The van der Waals surface area contributed by atoms with E-state index >= 15 is 0 Å². The van der Waals surface area contributed by atoms with E-state index in [1.54, 1.807) is 0 Å². The Morgan fingerprint density at radius 1 is 1.22 bits per heavy atom. The van der Waals surface area contributed by atoms with Crippen LogP contribution in [-0.4, -0.2) is 16.8 Å². The van der Waals surface area contributed by atoms with Gasteiger partial charge >= 0.3 is 0 Å². The van der Waals surface area contributed by atoms with Crippen LogP contribution in [0.25, 0.3) is 10.8 Å². The average molecular weight is 312 g/mol. The molecule has 122 valence electrons. The number of fused-ring (bicyclic) bond motifs is 6. The Morgan fingerprint density at radius 2 is 2.04 bits per heavy atom. The monoisotopic (exact) mass is 312 g/mol. The normalized spacial score (nSPS) is 25.0. The minimum atomic E-state index is 0.0199. The SMILES string of the molecule is CCCCOc1ccc2c(O)c3c(c(O)c2c1)C1CCC3(C)C1. The van der Waals surface area contributed by atoms with Gasteiger partial charge in [0.25, 0.3) is 0 Å². The number of unbranched alkanes of at least 4 members (excludes halogenated alkanes) is 1. The number of hydrogen-bond acceptors (Lipinski definition) is 3. The quantitative estimate of drug-likeness (QED) is 0.619. The molecule has 1 saturated carbocycles. The molecule has 0 amide bonds. The van der Waals surface area contributed by atoms with E-state index < -0.39 is 0 Å². The van der Waals surface area contributed by atoms with Crippen LogP contribution in [-0.2, 0) is 5.41 Å². The van der Waals surface area contributed by atoms with Gasteiger partial charge in [-0.2, -0.15) is 0 Å². The van der Waals surface area contributed by atoms with Gasteiger partial charge in [0.2, 0.25) is 0 Å². The predicted molar refractivity (Wildman–Crippen MR) is 91.6 cm³/mol. The molecule has 3 heteroatoms. The van der Waals surface area contributed by atoms with Crippen molar-refractivity contribution in [3.8, 4) is 17.2 Å². The lowest BCUT2D eigenvalue weighted by Crippen LogP contribution is -2.16. The van der Waals surface area contributed by atoms with Crippen molar-refractivity contribution in [2.24, 2.45) is 0 Å². The minimum Gasteiger partial charge on any atom is -0.507 e. The van der Waals surface area contributed by atoms with Crippen molar-refractivity contribution in [1.82, 2.24) is 0 Å². The lowest BCUT2D eigenvalue weighted by Gasteiger charge is -2.27. The number of hydrogen-bond donors (Lipinski definition) is 2.